The Morgan fingerprint density at radius 1 is 0.655 bits per heavy atom. The van der Waals surface area contributed by atoms with Gasteiger partial charge in [0.15, 0.2) is 0 Å². The van der Waals surface area contributed by atoms with Crippen molar-refractivity contribution in [3.05, 3.63) is 174 Å². The zero-order valence-corrected chi connectivity index (χ0v) is 33.1. The Hall–Kier alpha value is -6.54. The van der Waals surface area contributed by atoms with E-state index in [2.05, 4.69) is 105 Å². The first-order chi connectivity index (χ1) is 27.8. The Kier molecular flexibility index (Phi) is 9.03. The van der Waals surface area contributed by atoms with E-state index in [1.54, 1.807) is 24.4 Å². The summed E-state index contributed by atoms with van der Waals surface area (Å²) in [5.41, 5.74) is 9.50. The minimum atomic E-state index is -4.52. The van der Waals surface area contributed by atoms with Crippen molar-refractivity contribution in [2.45, 2.75) is 52.8 Å². The molecule has 1 aliphatic heterocycles. The average molecular weight is 773 g/mol. The van der Waals surface area contributed by atoms with Crippen LogP contribution < -0.4 is 14.5 Å². The number of alkyl halides is 3. The number of benzene rings is 6. The van der Waals surface area contributed by atoms with Crippen molar-refractivity contribution in [1.29, 1.82) is 0 Å². The van der Waals surface area contributed by atoms with E-state index in [9.17, 15) is 13.2 Å². The molecule has 0 atom stereocenters. The molecular formula is C50H43F3N4O. The number of hydrogen-bond donors (Lipinski definition) is 0. The van der Waals surface area contributed by atoms with E-state index in [1.807, 2.05) is 53.1 Å². The lowest BCUT2D eigenvalue weighted by molar-refractivity contribution is -0.137. The number of nitrogens with zero attached hydrogens (tertiary/aromatic N) is 4. The maximum Gasteiger partial charge on any atom is 0.417 e. The lowest BCUT2D eigenvalue weighted by Gasteiger charge is -2.23. The third-order valence-electron chi connectivity index (χ3n) is 11.0. The molecule has 0 saturated heterocycles. The highest BCUT2D eigenvalue weighted by molar-refractivity contribution is 6.16. The van der Waals surface area contributed by atoms with Crippen LogP contribution in [0.1, 0.15) is 48.6 Å². The summed E-state index contributed by atoms with van der Waals surface area (Å²) >= 11 is 0. The first-order valence-electron chi connectivity index (χ1n) is 19.5. The van der Waals surface area contributed by atoms with Crippen LogP contribution in [0, 0.1) is 13.8 Å². The number of aryl methyl sites for hydroxylation is 2. The minimum Gasteiger partial charge on any atom is -0.457 e. The van der Waals surface area contributed by atoms with Crippen LogP contribution in [0.5, 0.6) is 11.5 Å². The van der Waals surface area contributed by atoms with E-state index in [4.69, 9.17) is 9.72 Å². The summed E-state index contributed by atoms with van der Waals surface area (Å²) in [6.45, 7) is 12.2. The molecule has 3 heterocycles. The number of aromatic nitrogens is 2. The predicted molar refractivity (Wildman–Crippen MR) is 230 cm³/mol. The van der Waals surface area contributed by atoms with E-state index in [-0.39, 0.29) is 11.0 Å². The highest BCUT2D eigenvalue weighted by atomic mass is 19.4. The van der Waals surface area contributed by atoms with Crippen LogP contribution in [0.2, 0.25) is 0 Å². The maximum atomic E-state index is 14.4. The van der Waals surface area contributed by atoms with Gasteiger partial charge in [-0.1, -0.05) is 98.6 Å². The van der Waals surface area contributed by atoms with Gasteiger partial charge in [0.05, 0.1) is 34.6 Å². The van der Waals surface area contributed by atoms with Crippen molar-refractivity contribution in [2.75, 3.05) is 16.5 Å². The highest BCUT2D eigenvalue weighted by Crippen LogP contribution is 2.45. The Labute approximate surface area is 336 Å². The van der Waals surface area contributed by atoms with Gasteiger partial charge in [0.1, 0.15) is 17.3 Å². The molecule has 0 spiro atoms. The second-order valence-electron chi connectivity index (χ2n) is 16.3. The van der Waals surface area contributed by atoms with E-state index >= 15 is 0 Å². The normalized spacial score (nSPS) is 13.1. The summed E-state index contributed by atoms with van der Waals surface area (Å²) in [6.07, 6.45) is -2.73. The molecule has 0 N–H and O–H groups in total. The molecule has 5 nitrogen and oxygen atoms in total. The molecule has 8 heteroatoms. The van der Waals surface area contributed by atoms with Gasteiger partial charge in [0, 0.05) is 41.3 Å². The average Bonchev–Trinajstić information content (AvgIpc) is 3.72. The van der Waals surface area contributed by atoms with Crippen molar-refractivity contribution in [1.82, 2.24) is 9.55 Å². The van der Waals surface area contributed by atoms with Crippen LogP contribution in [-0.2, 0) is 18.1 Å². The molecule has 8 aromatic rings. The smallest absolute Gasteiger partial charge is 0.417 e. The quantitative estimate of drug-likeness (QED) is 0.162. The summed E-state index contributed by atoms with van der Waals surface area (Å²) in [6, 6.07) is 44.4. The van der Waals surface area contributed by atoms with E-state index in [1.165, 1.54) is 28.4 Å². The van der Waals surface area contributed by atoms with Gasteiger partial charge < -0.3 is 14.5 Å². The Morgan fingerprint density at radius 3 is 2.14 bits per heavy atom. The summed E-state index contributed by atoms with van der Waals surface area (Å²) in [7, 11) is 0. The molecular weight excluding hydrogens is 730 g/mol. The summed E-state index contributed by atoms with van der Waals surface area (Å²) in [5.74, 6) is 1.93. The van der Waals surface area contributed by atoms with Gasteiger partial charge in [-0.3, -0.25) is 4.57 Å². The van der Waals surface area contributed by atoms with Crippen LogP contribution in [0.25, 0.3) is 38.8 Å². The van der Waals surface area contributed by atoms with Gasteiger partial charge in [-0.25, -0.2) is 4.98 Å². The fourth-order valence-corrected chi connectivity index (χ4v) is 8.42. The fourth-order valence-electron chi connectivity index (χ4n) is 8.42. The molecule has 6 aromatic carbocycles. The van der Waals surface area contributed by atoms with Gasteiger partial charge in [-0.2, -0.15) is 13.2 Å². The zero-order chi connectivity index (χ0) is 40.3. The Balaban J connectivity index is 1.13. The molecule has 290 valence electrons. The largest absolute Gasteiger partial charge is 0.457 e. The van der Waals surface area contributed by atoms with E-state index in [0.29, 0.717) is 34.9 Å². The second kappa shape index (κ2) is 14.1. The van der Waals surface area contributed by atoms with Crippen molar-refractivity contribution in [3.8, 4) is 28.4 Å². The van der Waals surface area contributed by atoms with E-state index < -0.39 is 11.7 Å². The summed E-state index contributed by atoms with van der Waals surface area (Å²) in [5, 5.41) is 1.51. The third kappa shape index (κ3) is 6.82. The lowest BCUT2D eigenvalue weighted by Crippen LogP contribution is -2.27. The summed E-state index contributed by atoms with van der Waals surface area (Å²) in [4.78, 5) is 9.52. The fraction of sp³-hybridized carbons (Fsp3) is 0.180. The minimum absolute atomic E-state index is 0.129. The zero-order valence-electron chi connectivity index (χ0n) is 33.1. The number of fused-ring (bicyclic) bond motifs is 4. The van der Waals surface area contributed by atoms with Crippen LogP contribution >= 0.6 is 0 Å². The SMILES string of the molecule is Cc1cc(C)cc(CN2CN(c3cccc(Oc4ccc5c6c(-c7ccccc7C(F)(F)F)cccc6n(-c6cc(C(C)(C)C)ccn6)c5c4)c3)c3ccccc32)c1. The first-order valence-corrected chi connectivity index (χ1v) is 19.5. The number of rotatable bonds is 7. The standard InChI is InChI=1S/C50H43F3N4O/c1-32-24-33(2)26-34(25-32)30-55-31-56(44-18-9-8-17-43(44)55)36-12-10-13-37(28-36)58-38-20-21-41-46(29-38)57(47-27-35(22-23-54-47)49(3,4)5)45-19-11-15-40(48(41)45)39-14-6-7-16-42(39)50(51,52)53/h6-29H,30-31H2,1-5H3. The molecule has 0 unspecified atom stereocenters. The first kappa shape index (κ1) is 37.1. The molecule has 0 saturated carbocycles. The molecule has 0 bridgehead atoms. The van der Waals surface area contributed by atoms with Crippen molar-refractivity contribution >= 4 is 38.9 Å². The van der Waals surface area contributed by atoms with Crippen molar-refractivity contribution in [3.63, 3.8) is 0 Å². The van der Waals surface area contributed by atoms with Gasteiger partial charge in [0.25, 0.3) is 0 Å². The maximum absolute atomic E-state index is 14.4. The number of para-hydroxylation sites is 2. The van der Waals surface area contributed by atoms with Crippen LogP contribution in [0.3, 0.4) is 0 Å². The Bertz CT molecular complexity index is 2830. The molecule has 0 amide bonds. The Morgan fingerprint density at radius 2 is 1.36 bits per heavy atom. The number of hydrogen-bond acceptors (Lipinski definition) is 4. The lowest BCUT2D eigenvalue weighted by atomic mass is 9.88. The van der Waals surface area contributed by atoms with E-state index in [0.717, 1.165) is 46.0 Å². The monoisotopic (exact) mass is 772 g/mol. The van der Waals surface area contributed by atoms with Crippen LogP contribution in [0.4, 0.5) is 30.2 Å². The van der Waals surface area contributed by atoms with Crippen molar-refractivity contribution in [2.24, 2.45) is 0 Å². The van der Waals surface area contributed by atoms with Gasteiger partial charge >= 0.3 is 6.18 Å². The molecule has 2 aromatic heterocycles. The number of pyridine rings is 1. The van der Waals surface area contributed by atoms with Gasteiger partial charge in [-0.05, 0) is 102 Å². The van der Waals surface area contributed by atoms with Crippen LogP contribution in [-0.4, -0.2) is 16.2 Å². The number of ether oxygens (including phenoxy) is 1. The molecule has 0 aliphatic carbocycles. The highest BCUT2D eigenvalue weighted by Gasteiger charge is 2.34. The number of anilines is 3. The second-order valence-corrected chi connectivity index (χ2v) is 16.3. The summed E-state index contributed by atoms with van der Waals surface area (Å²) < 4.78 is 52.0. The molecule has 58 heavy (non-hydrogen) atoms. The van der Waals surface area contributed by atoms with Gasteiger partial charge in [0.2, 0.25) is 0 Å². The topological polar surface area (TPSA) is 33.5 Å². The van der Waals surface area contributed by atoms with Gasteiger partial charge in [-0.15, -0.1) is 0 Å². The molecule has 1 aliphatic rings. The number of halogens is 3. The van der Waals surface area contributed by atoms with Crippen LogP contribution in [0.15, 0.2) is 146 Å². The molecule has 9 rings (SSSR count). The predicted octanol–water partition coefficient (Wildman–Crippen LogP) is 13.7. The molecule has 0 radical (unpaired) electrons. The third-order valence-corrected chi connectivity index (χ3v) is 11.0. The molecule has 0 fully saturated rings. The van der Waals surface area contributed by atoms with Crippen molar-refractivity contribution < 1.29 is 17.9 Å².